The second kappa shape index (κ2) is 6.86. The van der Waals surface area contributed by atoms with E-state index in [0.717, 1.165) is 0 Å². The van der Waals surface area contributed by atoms with Crippen LogP contribution in [0.15, 0.2) is 22.8 Å². The zero-order valence-electron chi connectivity index (χ0n) is 11.5. The van der Waals surface area contributed by atoms with Crippen LogP contribution in [-0.2, 0) is 27.2 Å². The molecule has 0 saturated carbocycles. The Labute approximate surface area is 112 Å². The van der Waals surface area contributed by atoms with Crippen molar-refractivity contribution in [2.45, 2.75) is 0 Å². The molecule has 0 aliphatic heterocycles. The molecule has 1 heterocycles. The van der Waals surface area contributed by atoms with E-state index in [0.29, 0.717) is 0 Å². The maximum Gasteiger partial charge on any atom is 0.371 e. The highest BCUT2D eigenvalue weighted by atomic mass is 31.2. The van der Waals surface area contributed by atoms with Gasteiger partial charge in [0.15, 0.2) is 5.03 Å². The summed E-state index contributed by atoms with van der Waals surface area (Å²) in [6.07, 6.45) is 1.43. The second-order valence-electron chi connectivity index (χ2n) is 3.21. The monoisotopic (exact) mass is 312 g/mol. The molecule has 110 valence electrons. The summed E-state index contributed by atoms with van der Waals surface area (Å²) in [5.74, 6) is 0.269. The third-order valence-electron chi connectivity index (χ3n) is 2.46. The Hall–Kier alpha value is -0.390. The molecule has 0 N–H and O–H groups in total. The first-order valence-corrected chi connectivity index (χ1v) is 8.31. The molecule has 9 heteroatoms. The van der Waals surface area contributed by atoms with Crippen LogP contribution in [0.3, 0.4) is 0 Å². The van der Waals surface area contributed by atoms with Gasteiger partial charge in [0.1, 0.15) is 5.76 Å². The normalized spacial score (nSPS) is 12.7. The molecule has 0 aromatic carbocycles. The summed E-state index contributed by atoms with van der Waals surface area (Å²) in [5.41, 5.74) is 0. The molecule has 7 nitrogen and oxygen atoms in total. The fraction of sp³-hybridized carbons (Fsp3) is 0.500. The summed E-state index contributed by atoms with van der Waals surface area (Å²) >= 11 is 0. The zero-order valence-corrected chi connectivity index (χ0v) is 13.3. The minimum Gasteiger partial charge on any atom is -0.464 e. The van der Waals surface area contributed by atoms with E-state index >= 15 is 0 Å². The Morgan fingerprint density at radius 1 is 1.00 bits per heavy atom. The second-order valence-corrected chi connectivity index (χ2v) is 8.27. The molecule has 0 aliphatic rings. The first-order valence-electron chi connectivity index (χ1n) is 5.23. The molecule has 1 aromatic rings. The molecular formula is C10H18O7P2. The largest absolute Gasteiger partial charge is 0.464 e. The van der Waals surface area contributed by atoms with Gasteiger partial charge in [-0.05, 0) is 12.1 Å². The Morgan fingerprint density at radius 2 is 1.53 bits per heavy atom. The molecule has 0 bridgehead atoms. The van der Waals surface area contributed by atoms with Gasteiger partial charge in [-0.1, -0.05) is 0 Å². The topological polar surface area (TPSA) is 76.4 Å². The number of hydrogen-bond donors (Lipinski definition) is 0. The standard InChI is InChI=1S/C10H18O7P2/c1-12-18(11,13-2)10(9-7-6-8-17-9)19(14-3,15-4)16-5/h6-8H,1-5H3. The van der Waals surface area contributed by atoms with Gasteiger partial charge in [0.05, 0.1) is 6.26 Å². The van der Waals surface area contributed by atoms with Gasteiger partial charge in [0, 0.05) is 35.5 Å². The summed E-state index contributed by atoms with van der Waals surface area (Å²) in [5, 5.41) is 0.0995. The van der Waals surface area contributed by atoms with Gasteiger partial charge in [0.25, 0.3) is 7.57 Å². The minimum absolute atomic E-state index is 0.0995. The molecule has 0 spiro atoms. The van der Waals surface area contributed by atoms with E-state index in [-0.39, 0.29) is 10.8 Å². The van der Waals surface area contributed by atoms with Gasteiger partial charge < -0.3 is 27.0 Å². The van der Waals surface area contributed by atoms with Crippen LogP contribution in [0.5, 0.6) is 0 Å². The molecule has 0 aliphatic carbocycles. The predicted octanol–water partition coefficient (Wildman–Crippen LogP) is 2.95. The van der Waals surface area contributed by atoms with Crippen LogP contribution in [0.4, 0.5) is 0 Å². The third kappa shape index (κ3) is 3.03. The molecule has 0 fully saturated rings. The van der Waals surface area contributed by atoms with E-state index in [1.807, 2.05) is 0 Å². The highest BCUT2D eigenvalue weighted by Crippen LogP contribution is 2.64. The van der Waals surface area contributed by atoms with Crippen molar-refractivity contribution >= 4 is 20.2 Å². The van der Waals surface area contributed by atoms with Gasteiger partial charge in [-0.25, -0.2) is 0 Å². The SMILES string of the molecule is COP(=O)(OC)C(c1ccco1)=P(OC)(OC)OC. The minimum atomic E-state index is -3.65. The predicted molar refractivity (Wildman–Crippen MR) is 72.4 cm³/mol. The molecule has 0 saturated heterocycles. The summed E-state index contributed by atoms with van der Waals surface area (Å²) in [6.45, 7) is 0. The lowest BCUT2D eigenvalue weighted by Crippen LogP contribution is -2.11. The summed E-state index contributed by atoms with van der Waals surface area (Å²) < 4.78 is 43.9. The van der Waals surface area contributed by atoms with Gasteiger partial charge in [-0.2, -0.15) is 0 Å². The Balaban J connectivity index is 3.70. The summed E-state index contributed by atoms with van der Waals surface area (Å²) in [4.78, 5) is 0. The summed E-state index contributed by atoms with van der Waals surface area (Å²) in [7, 11) is -0.0380. The van der Waals surface area contributed by atoms with Crippen LogP contribution < -0.4 is 0 Å². The molecule has 0 unspecified atom stereocenters. The quantitative estimate of drug-likeness (QED) is 0.716. The van der Waals surface area contributed by atoms with Crippen LogP contribution >= 0.6 is 15.2 Å². The van der Waals surface area contributed by atoms with Crippen LogP contribution in [0.25, 0.3) is 0 Å². The van der Waals surface area contributed by atoms with Crippen molar-refractivity contribution in [3.8, 4) is 0 Å². The number of furan rings is 1. The van der Waals surface area contributed by atoms with Gasteiger partial charge in [0.2, 0.25) is 0 Å². The van der Waals surface area contributed by atoms with Crippen molar-refractivity contribution in [2.24, 2.45) is 0 Å². The van der Waals surface area contributed by atoms with Crippen molar-refractivity contribution in [3.05, 3.63) is 24.2 Å². The number of hydrogen-bond acceptors (Lipinski definition) is 7. The van der Waals surface area contributed by atoms with Gasteiger partial charge >= 0.3 is 7.60 Å². The van der Waals surface area contributed by atoms with E-state index in [4.69, 9.17) is 27.0 Å². The van der Waals surface area contributed by atoms with E-state index in [1.165, 1.54) is 41.8 Å². The third-order valence-corrected chi connectivity index (χ3v) is 7.81. The van der Waals surface area contributed by atoms with E-state index in [2.05, 4.69) is 0 Å². The maximum atomic E-state index is 12.7. The van der Waals surface area contributed by atoms with Crippen LogP contribution in [0.1, 0.15) is 5.76 Å². The lowest BCUT2D eigenvalue weighted by Gasteiger charge is -2.26. The van der Waals surface area contributed by atoms with E-state index in [1.54, 1.807) is 12.1 Å². The molecular weight excluding hydrogens is 294 g/mol. The van der Waals surface area contributed by atoms with Crippen LogP contribution in [-0.4, -0.2) is 40.6 Å². The average Bonchev–Trinajstić information content (AvgIpc) is 2.97. The van der Waals surface area contributed by atoms with Crippen molar-refractivity contribution in [3.63, 3.8) is 0 Å². The Kier molecular flexibility index (Phi) is 6.02. The van der Waals surface area contributed by atoms with E-state index in [9.17, 15) is 4.57 Å². The van der Waals surface area contributed by atoms with Gasteiger partial charge in [-0.3, -0.25) is 4.57 Å². The van der Waals surface area contributed by atoms with Crippen LogP contribution in [0.2, 0.25) is 0 Å². The van der Waals surface area contributed by atoms with Gasteiger partial charge in [-0.15, -0.1) is 0 Å². The average molecular weight is 312 g/mol. The fourth-order valence-corrected chi connectivity index (χ4v) is 6.24. The molecule has 1 rings (SSSR count). The summed E-state index contributed by atoms with van der Waals surface area (Å²) in [6, 6.07) is 3.24. The van der Waals surface area contributed by atoms with Crippen molar-refractivity contribution in [1.82, 2.24) is 0 Å². The first-order chi connectivity index (χ1) is 9.03. The number of rotatable bonds is 7. The fourth-order valence-electron chi connectivity index (χ4n) is 1.56. The first kappa shape index (κ1) is 16.7. The van der Waals surface area contributed by atoms with E-state index < -0.39 is 15.2 Å². The lowest BCUT2D eigenvalue weighted by atomic mass is 10.5. The zero-order chi connectivity index (χ0) is 14.5. The van der Waals surface area contributed by atoms with Crippen molar-refractivity contribution < 1.29 is 31.6 Å². The molecule has 0 amide bonds. The van der Waals surface area contributed by atoms with Crippen molar-refractivity contribution in [2.75, 3.05) is 35.5 Å². The smallest absolute Gasteiger partial charge is 0.371 e. The highest BCUT2D eigenvalue weighted by Gasteiger charge is 2.42. The highest BCUT2D eigenvalue weighted by molar-refractivity contribution is 7.89. The molecule has 0 atom stereocenters. The Morgan fingerprint density at radius 3 is 1.84 bits per heavy atom. The Bertz CT molecular complexity index is 467. The maximum absolute atomic E-state index is 12.7. The lowest BCUT2D eigenvalue weighted by molar-refractivity contribution is 0.231. The molecule has 19 heavy (non-hydrogen) atoms. The van der Waals surface area contributed by atoms with Crippen LogP contribution in [0, 0.1) is 0 Å². The molecule has 1 aromatic heterocycles. The molecule has 0 radical (unpaired) electrons. The van der Waals surface area contributed by atoms with Crippen molar-refractivity contribution in [1.29, 1.82) is 0 Å².